The van der Waals surface area contributed by atoms with E-state index in [4.69, 9.17) is 9.68 Å². The molecule has 3 fully saturated rings. The van der Waals surface area contributed by atoms with Crippen LogP contribution in [0.2, 0.25) is 0 Å². The highest BCUT2D eigenvalue weighted by Gasteiger charge is 2.47. The van der Waals surface area contributed by atoms with Gasteiger partial charge in [-0.05, 0) is 60.4 Å². The van der Waals surface area contributed by atoms with Gasteiger partial charge in [-0.3, -0.25) is 4.90 Å². The van der Waals surface area contributed by atoms with Gasteiger partial charge in [0, 0.05) is 36.1 Å². The smallest absolute Gasteiger partial charge is 0.204 e. The lowest BCUT2D eigenvalue weighted by molar-refractivity contribution is 0.105. The number of halogens is 1. The zero-order valence-corrected chi connectivity index (χ0v) is 17.2. The molecule has 2 aromatic rings. The molecule has 3 atom stereocenters. The van der Waals surface area contributed by atoms with Gasteiger partial charge in [0.1, 0.15) is 11.9 Å². The summed E-state index contributed by atoms with van der Waals surface area (Å²) in [5.41, 5.74) is 0.623. The third-order valence-corrected chi connectivity index (χ3v) is 7.69. The van der Waals surface area contributed by atoms with Gasteiger partial charge in [-0.25, -0.2) is 4.98 Å². The molecule has 2 saturated carbocycles. The number of rotatable bonds is 3. The molecule has 144 valence electrons. The van der Waals surface area contributed by atoms with E-state index in [1.54, 1.807) is 12.3 Å². The molecule has 0 amide bonds. The summed E-state index contributed by atoms with van der Waals surface area (Å²) >= 11 is 3.62. The minimum absolute atomic E-state index is 0.294. The van der Waals surface area contributed by atoms with Crippen LogP contribution in [0.15, 0.2) is 21.2 Å². The molecule has 7 heteroatoms. The van der Waals surface area contributed by atoms with E-state index in [0.717, 1.165) is 41.5 Å². The maximum absolute atomic E-state index is 9.26. The Balaban J connectivity index is 1.21. The number of nitrogens with one attached hydrogen (secondary N) is 1. The Morgan fingerprint density at radius 2 is 2.00 bits per heavy atom. The zero-order chi connectivity index (χ0) is 19.3. The van der Waals surface area contributed by atoms with Gasteiger partial charge in [-0.15, -0.1) is 0 Å². The third kappa shape index (κ3) is 2.98. The van der Waals surface area contributed by atoms with Crippen LogP contribution in [0.1, 0.15) is 44.3 Å². The first-order valence-corrected chi connectivity index (χ1v) is 10.9. The van der Waals surface area contributed by atoms with Crippen LogP contribution in [0.4, 0.5) is 5.82 Å². The molecule has 3 aliphatic rings. The van der Waals surface area contributed by atoms with Crippen LogP contribution in [0.5, 0.6) is 0 Å². The number of pyridine rings is 1. The Kier molecular flexibility index (Phi) is 4.53. The molecular weight excluding hydrogens is 418 g/mol. The minimum Gasteiger partial charge on any atom is -0.444 e. The average molecular weight is 440 g/mol. The highest BCUT2D eigenvalue weighted by atomic mass is 79.9. The van der Waals surface area contributed by atoms with Crippen molar-refractivity contribution < 1.29 is 4.42 Å². The van der Waals surface area contributed by atoms with Crippen molar-refractivity contribution in [2.24, 2.45) is 11.8 Å². The molecular formula is C21H22BrN5O. The van der Waals surface area contributed by atoms with Crippen molar-refractivity contribution in [2.45, 2.75) is 56.7 Å². The van der Waals surface area contributed by atoms with E-state index in [9.17, 15) is 5.26 Å². The number of furan rings is 1. The van der Waals surface area contributed by atoms with Gasteiger partial charge in [0.2, 0.25) is 5.76 Å². The van der Waals surface area contributed by atoms with Crippen molar-refractivity contribution >= 4 is 32.7 Å². The Morgan fingerprint density at radius 3 is 2.68 bits per heavy atom. The summed E-state index contributed by atoms with van der Waals surface area (Å²) in [4.78, 5) is 7.19. The molecule has 6 nitrogen and oxygen atoms in total. The number of nitrogens with zero attached hydrogens (tertiary/aromatic N) is 4. The van der Waals surface area contributed by atoms with Gasteiger partial charge in [0.15, 0.2) is 5.58 Å². The van der Waals surface area contributed by atoms with Gasteiger partial charge in [-0.2, -0.15) is 10.5 Å². The van der Waals surface area contributed by atoms with Crippen molar-refractivity contribution in [3.8, 4) is 12.1 Å². The molecule has 3 heterocycles. The number of hydrogen-bond donors (Lipinski definition) is 1. The fraction of sp³-hybridized carbons (Fsp3) is 0.571. The van der Waals surface area contributed by atoms with Crippen LogP contribution in [0.3, 0.4) is 0 Å². The minimum atomic E-state index is 0.294. The summed E-state index contributed by atoms with van der Waals surface area (Å²) in [6, 6.07) is 8.00. The summed E-state index contributed by atoms with van der Waals surface area (Å²) in [5, 5.41) is 22.7. The summed E-state index contributed by atoms with van der Waals surface area (Å²) in [7, 11) is 0. The van der Waals surface area contributed by atoms with E-state index in [1.807, 2.05) is 6.07 Å². The molecule has 3 unspecified atom stereocenters. The molecule has 1 saturated heterocycles. The molecule has 2 aromatic heterocycles. The molecule has 5 rings (SSSR count). The topological polar surface area (TPSA) is 88.9 Å². The molecule has 0 radical (unpaired) electrons. The fourth-order valence-corrected chi connectivity index (χ4v) is 6.00. The largest absolute Gasteiger partial charge is 0.444 e. The quantitative estimate of drug-likeness (QED) is 0.760. The Morgan fingerprint density at radius 1 is 1.18 bits per heavy atom. The summed E-state index contributed by atoms with van der Waals surface area (Å²) in [6.45, 7) is 1.12. The first kappa shape index (κ1) is 18.0. The molecule has 28 heavy (non-hydrogen) atoms. The number of anilines is 1. The third-order valence-electron chi connectivity index (χ3n) is 6.88. The van der Waals surface area contributed by atoms with Gasteiger partial charge in [-0.1, -0.05) is 0 Å². The maximum atomic E-state index is 9.26. The van der Waals surface area contributed by atoms with Gasteiger partial charge < -0.3 is 9.73 Å². The summed E-state index contributed by atoms with van der Waals surface area (Å²) in [5.74, 6) is 2.01. The van der Waals surface area contributed by atoms with Crippen LogP contribution in [-0.4, -0.2) is 34.6 Å². The van der Waals surface area contributed by atoms with Crippen LogP contribution in [0, 0.1) is 34.5 Å². The van der Waals surface area contributed by atoms with E-state index in [1.165, 1.54) is 19.3 Å². The van der Waals surface area contributed by atoms with Crippen molar-refractivity contribution in [2.75, 3.05) is 11.9 Å². The maximum Gasteiger partial charge on any atom is 0.204 e. The molecule has 0 aromatic carbocycles. The number of likely N-dealkylation sites (tertiary alicyclic amines) is 1. The predicted octanol–water partition coefficient (Wildman–Crippen LogP) is 4.42. The second-order valence-corrected chi connectivity index (χ2v) is 9.18. The fourth-order valence-electron chi connectivity index (χ4n) is 5.47. The van der Waals surface area contributed by atoms with Crippen LogP contribution < -0.4 is 5.32 Å². The number of hydrogen-bond acceptors (Lipinski definition) is 6. The molecule has 1 aliphatic heterocycles. The van der Waals surface area contributed by atoms with Gasteiger partial charge in [0.25, 0.3) is 0 Å². The Bertz CT molecular complexity index is 981. The standard InChI is InChI=1S/C21H22BrN5O/c22-20-18-7-17(9-24)28-19(18)10-25-21(20)26-14-1-3-15(4-2-14)27-11-13-6-16(27)5-12(13)8-23/h7,10,12-16H,1-6,11H2,(H,25,26). The number of piperidine rings is 1. The van der Waals surface area contributed by atoms with Gasteiger partial charge >= 0.3 is 0 Å². The van der Waals surface area contributed by atoms with Crippen molar-refractivity contribution in [3.05, 3.63) is 22.5 Å². The van der Waals surface area contributed by atoms with Crippen molar-refractivity contribution in [1.82, 2.24) is 9.88 Å². The van der Waals surface area contributed by atoms with E-state index in [-0.39, 0.29) is 0 Å². The lowest BCUT2D eigenvalue weighted by Crippen LogP contribution is -2.45. The monoisotopic (exact) mass is 439 g/mol. The Labute approximate surface area is 172 Å². The number of nitriles is 2. The first-order chi connectivity index (χ1) is 13.7. The van der Waals surface area contributed by atoms with Gasteiger partial charge in [0.05, 0.1) is 22.7 Å². The first-order valence-electron chi connectivity index (χ1n) is 10.1. The van der Waals surface area contributed by atoms with Crippen LogP contribution >= 0.6 is 15.9 Å². The second kappa shape index (κ2) is 7.06. The predicted molar refractivity (Wildman–Crippen MR) is 108 cm³/mol. The number of fused-ring (bicyclic) bond motifs is 3. The van der Waals surface area contributed by atoms with Crippen LogP contribution in [0.25, 0.3) is 11.0 Å². The summed E-state index contributed by atoms with van der Waals surface area (Å²) < 4.78 is 6.30. The SMILES string of the molecule is N#Cc1cc2c(Br)c(NC3CCC(N4CC5CC4CC5C#N)CC3)ncc2o1. The zero-order valence-electron chi connectivity index (χ0n) is 15.6. The lowest BCUT2D eigenvalue weighted by Gasteiger charge is -2.40. The van der Waals surface area contributed by atoms with Crippen molar-refractivity contribution in [3.63, 3.8) is 0 Å². The normalized spacial score (nSPS) is 32.3. The van der Waals surface area contributed by atoms with E-state index in [0.29, 0.717) is 41.3 Å². The molecule has 2 bridgehead atoms. The lowest BCUT2D eigenvalue weighted by atomic mass is 9.88. The Hall–Kier alpha value is -2.09. The van der Waals surface area contributed by atoms with E-state index < -0.39 is 0 Å². The van der Waals surface area contributed by atoms with E-state index >= 15 is 0 Å². The van der Waals surface area contributed by atoms with Crippen molar-refractivity contribution in [1.29, 1.82) is 10.5 Å². The molecule has 0 spiro atoms. The molecule has 1 N–H and O–H groups in total. The highest BCUT2D eigenvalue weighted by molar-refractivity contribution is 9.10. The summed E-state index contributed by atoms with van der Waals surface area (Å²) in [6.07, 6.45) is 8.63. The number of aromatic nitrogens is 1. The highest BCUT2D eigenvalue weighted by Crippen LogP contribution is 2.44. The van der Waals surface area contributed by atoms with E-state index in [2.05, 4.69) is 37.2 Å². The van der Waals surface area contributed by atoms with Crippen LogP contribution in [-0.2, 0) is 0 Å². The average Bonchev–Trinajstić information content (AvgIpc) is 3.44. The second-order valence-electron chi connectivity index (χ2n) is 8.39. The molecule has 2 aliphatic carbocycles.